The maximum atomic E-state index is 12.4. The SMILES string of the molecule is [2H]C(C(=O)c1ccccc1I)C([2H])c1ccc(OC)cc1. The first kappa shape index (κ1) is 11.5. The van der Waals surface area contributed by atoms with Gasteiger partial charge in [-0.3, -0.25) is 4.79 Å². The normalized spacial score (nSPS) is 15.1. The van der Waals surface area contributed by atoms with E-state index >= 15 is 0 Å². The zero-order chi connectivity index (χ0) is 15.4. The first-order chi connectivity index (χ1) is 10.0. The van der Waals surface area contributed by atoms with Crippen LogP contribution in [0.25, 0.3) is 0 Å². The molecule has 0 radical (unpaired) electrons. The maximum Gasteiger partial charge on any atom is 0.164 e. The highest BCUT2D eigenvalue weighted by atomic mass is 127. The van der Waals surface area contributed by atoms with Crippen molar-refractivity contribution in [3.63, 3.8) is 0 Å². The molecule has 2 rings (SSSR count). The van der Waals surface area contributed by atoms with Gasteiger partial charge in [-0.1, -0.05) is 30.3 Å². The molecule has 0 aliphatic rings. The lowest BCUT2D eigenvalue weighted by molar-refractivity contribution is 0.0982. The Morgan fingerprint density at radius 2 is 1.89 bits per heavy atom. The molecule has 2 unspecified atom stereocenters. The van der Waals surface area contributed by atoms with E-state index in [-0.39, 0.29) is 5.78 Å². The van der Waals surface area contributed by atoms with Crippen LogP contribution in [0.15, 0.2) is 48.5 Å². The highest BCUT2D eigenvalue weighted by Crippen LogP contribution is 2.16. The Balaban J connectivity index is 2.20. The molecule has 98 valence electrons. The number of halogens is 1. The van der Waals surface area contributed by atoms with Gasteiger partial charge in [-0.15, -0.1) is 0 Å². The van der Waals surface area contributed by atoms with Crippen molar-refractivity contribution in [1.82, 2.24) is 0 Å². The van der Waals surface area contributed by atoms with Crippen LogP contribution in [0.1, 0.15) is 25.1 Å². The van der Waals surface area contributed by atoms with E-state index in [0.717, 1.165) is 3.57 Å². The molecule has 0 aromatic heterocycles. The Morgan fingerprint density at radius 1 is 1.21 bits per heavy atom. The van der Waals surface area contributed by atoms with E-state index in [9.17, 15) is 4.79 Å². The second-order valence-corrected chi connectivity index (χ2v) is 5.11. The lowest BCUT2D eigenvalue weighted by Gasteiger charge is -2.05. The van der Waals surface area contributed by atoms with Gasteiger partial charge in [0.15, 0.2) is 5.78 Å². The summed E-state index contributed by atoms with van der Waals surface area (Å²) in [5.41, 5.74) is 1.14. The van der Waals surface area contributed by atoms with Gasteiger partial charge in [0.05, 0.1) is 7.11 Å². The molecule has 3 heteroatoms. The number of methoxy groups -OCH3 is 1. The highest BCUT2D eigenvalue weighted by molar-refractivity contribution is 14.1. The minimum atomic E-state index is -1.14. The maximum absolute atomic E-state index is 12.4. The minimum absolute atomic E-state index is 0.323. The van der Waals surface area contributed by atoms with Crippen molar-refractivity contribution < 1.29 is 12.3 Å². The molecule has 0 saturated heterocycles. The molecule has 2 nitrogen and oxygen atoms in total. The van der Waals surface area contributed by atoms with Gasteiger partial charge in [-0.05, 0) is 52.8 Å². The number of hydrogen-bond donors (Lipinski definition) is 0. The summed E-state index contributed by atoms with van der Waals surface area (Å²) in [6.07, 6.45) is -2.06. The molecule has 0 aliphatic heterocycles. The van der Waals surface area contributed by atoms with Crippen LogP contribution >= 0.6 is 22.6 Å². The van der Waals surface area contributed by atoms with Crippen LogP contribution in [0.3, 0.4) is 0 Å². The summed E-state index contributed by atoms with van der Waals surface area (Å²) in [5, 5.41) is 0. The van der Waals surface area contributed by atoms with E-state index in [2.05, 4.69) is 22.6 Å². The summed E-state index contributed by atoms with van der Waals surface area (Å²) in [4.78, 5) is 12.4. The Hall–Kier alpha value is -1.36. The number of ether oxygens (including phenoxy) is 1. The number of hydrogen-bond acceptors (Lipinski definition) is 2. The molecule has 0 spiro atoms. The lowest BCUT2D eigenvalue weighted by Crippen LogP contribution is -2.03. The summed E-state index contributed by atoms with van der Waals surface area (Å²) in [6, 6.07) is 14.1. The summed E-state index contributed by atoms with van der Waals surface area (Å²) in [7, 11) is 1.57. The van der Waals surface area contributed by atoms with E-state index in [4.69, 9.17) is 7.48 Å². The molecule has 2 atom stereocenters. The third-order valence-corrected chi connectivity index (χ3v) is 3.62. The van der Waals surface area contributed by atoms with Gasteiger partial charge >= 0.3 is 0 Å². The summed E-state index contributed by atoms with van der Waals surface area (Å²) >= 11 is 2.07. The van der Waals surface area contributed by atoms with Crippen molar-refractivity contribution in [1.29, 1.82) is 0 Å². The summed E-state index contributed by atoms with van der Waals surface area (Å²) in [5.74, 6) is 0.368. The van der Waals surface area contributed by atoms with Crippen molar-refractivity contribution in [2.45, 2.75) is 12.8 Å². The molecule has 0 N–H and O–H groups in total. The fraction of sp³-hybridized carbons (Fsp3) is 0.188. The van der Waals surface area contributed by atoms with Crippen molar-refractivity contribution >= 4 is 28.4 Å². The zero-order valence-electron chi connectivity index (χ0n) is 12.5. The molecule has 2 aromatic carbocycles. The van der Waals surface area contributed by atoms with E-state index in [0.29, 0.717) is 16.9 Å². The standard InChI is InChI=1S/C16H15IO2/c1-19-13-9-6-12(7-10-13)8-11-16(18)14-4-2-3-5-15(14)17/h2-7,9-10H,8,11H2,1H3/i8D,11D. The van der Waals surface area contributed by atoms with Crippen LogP contribution in [0.5, 0.6) is 5.75 Å². The fourth-order valence-electron chi connectivity index (χ4n) is 1.64. The van der Waals surface area contributed by atoms with Crippen LogP contribution in [-0.4, -0.2) is 12.9 Å². The van der Waals surface area contributed by atoms with Gasteiger partial charge in [0, 0.05) is 18.3 Å². The van der Waals surface area contributed by atoms with Crippen LogP contribution < -0.4 is 4.74 Å². The highest BCUT2D eigenvalue weighted by Gasteiger charge is 2.09. The molecular formula is C16H15IO2. The third kappa shape index (κ3) is 3.80. The Morgan fingerprint density at radius 3 is 2.53 bits per heavy atom. The van der Waals surface area contributed by atoms with Gasteiger partial charge in [0.2, 0.25) is 0 Å². The number of carbonyl (C=O) groups is 1. The molecule has 0 bridgehead atoms. The first-order valence-corrected chi connectivity index (χ1v) is 6.89. The van der Waals surface area contributed by atoms with Crippen molar-refractivity contribution in [3.05, 3.63) is 63.2 Å². The second-order valence-electron chi connectivity index (χ2n) is 3.95. The molecule has 0 fully saturated rings. The molecule has 0 heterocycles. The predicted molar refractivity (Wildman–Crippen MR) is 84.8 cm³/mol. The second kappa shape index (κ2) is 6.70. The molecular weight excluding hydrogens is 351 g/mol. The van der Waals surface area contributed by atoms with Crippen molar-refractivity contribution in [2.75, 3.05) is 7.11 Å². The number of benzene rings is 2. The van der Waals surface area contributed by atoms with Gasteiger partial charge in [-0.2, -0.15) is 0 Å². The first-order valence-electron chi connectivity index (χ1n) is 6.97. The van der Waals surface area contributed by atoms with Crippen LogP contribution in [0.2, 0.25) is 0 Å². The number of carbonyl (C=O) groups excluding carboxylic acids is 1. The van der Waals surface area contributed by atoms with Gasteiger partial charge < -0.3 is 4.74 Å². The van der Waals surface area contributed by atoms with Gasteiger partial charge in [-0.25, -0.2) is 0 Å². The molecule has 19 heavy (non-hydrogen) atoms. The smallest absolute Gasteiger partial charge is 0.164 e. The predicted octanol–water partition coefficient (Wildman–Crippen LogP) is 4.12. The number of ketones is 1. The largest absolute Gasteiger partial charge is 0.497 e. The Kier molecular flexibility index (Phi) is 4.05. The number of aryl methyl sites for hydroxylation is 1. The third-order valence-electron chi connectivity index (χ3n) is 2.68. The summed E-state index contributed by atoms with van der Waals surface area (Å²) in [6.45, 7) is 0. The molecule has 0 saturated carbocycles. The molecule has 2 aromatic rings. The van der Waals surface area contributed by atoms with Gasteiger partial charge in [0.1, 0.15) is 5.75 Å². The fourth-order valence-corrected chi connectivity index (χ4v) is 2.29. The topological polar surface area (TPSA) is 26.3 Å². The van der Waals surface area contributed by atoms with Crippen molar-refractivity contribution in [3.8, 4) is 5.75 Å². The summed E-state index contributed by atoms with van der Waals surface area (Å²) < 4.78 is 22.1. The minimum Gasteiger partial charge on any atom is -0.497 e. The van der Waals surface area contributed by atoms with Crippen LogP contribution in [-0.2, 0) is 6.40 Å². The van der Waals surface area contributed by atoms with E-state index in [1.807, 2.05) is 12.1 Å². The quantitative estimate of drug-likeness (QED) is 0.586. The van der Waals surface area contributed by atoms with E-state index in [1.54, 1.807) is 43.5 Å². The van der Waals surface area contributed by atoms with Crippen molar-refractivity contribution in [2.24, 2.45) is 0 Å². The molecule has 0 aliphatic carbocycles. The molecule has 0 amide bonds. The van der Waals surface area contributed by atoms with Crippen LogP contribution in [0, 0.1) is 3.57 Å². The Bertz CT molecular complexity index is 628. The monoisotopic (exact) mass is 368 g/mol. The van der Waals surface area contributed by atoms with Gasteiger partial charge in [0.25, 0.3) is 0 Å². The average Bonchev–Trinajstić information content (AvgIpc) is 2.53. The zero-order valence-corrected chi connectivity index (χ0v) is 12.6. The number of rotatable bonds is 5. The van der Waals surface area contributed by atoms with E-state index < -0.39 is 12.8 Å². The lowest BCUT2D eigenvalue weighted by atomic mass is 10.0. The van der Waals surface area contributed by atoms with E-state index in [1.165, 1.54) is 0 Å². The van der Waals surface area contributed by atoms with Crippen LogP contribution in [0.4, 0.5) is 0 Å². The Labute approximate surface area is 129 Å². The number of Topliss-reactive ketones (excluding diaryl/α,β-unsaturated/α-hetero) is 1. The average molecular weight is 368 g/mol.